The number of thiazole rings is 1. The van der Waals surface area contributed by atoms with E-state index in [1.807, 2.05) is 60.7 Å². The molecule has 22 heavy (non-hydrogen) atoms. The monoisotopic (exact) mass is 303 g/mol. The fraction of sp³-hybridized carbons (Fsp3) is 0. The van der Waals surface area contributed by atoms with Gasteiger partial charge in [0, 0.05) is 5.56 Å². The number of rotatable bonds is 2. The average Bonchev–Trinajstić information content (AvgIpc) is 2.97. The number of benzene rings is 3. The van der Waals surface area contributed by atoms with E-state index in [-0.39, 0.29) is 5.75 Å². The van der Waals surface area contributed by atoms with Gasteiger partial charge in [0.1, 0.15) is 10.8 Å². The van der Waals surface area contributed by atoms with Gasteiger partial charge in [-0.25, -0.2) is 4.98 Å². The number of hydrogen-bond acceptors (Lipinski definition) is 3. The third kappa shape index (κ3) is 2.26. The van der Waals surface area contributed by atoms with E-state index in [2.05, 4.69) is 11.1 Å². The van der Waals surface area contributed by atoms with Crippen LogP contribution in [0.5, 0.6) is 5.75 Å². The number of fused-ring (bicyclic) bond motifs is 2. The summed E-state index contributed by atoms with van der Waals surface area (Å²) >= 11 is 1.65. The average molecular weight is 303 g/mol. The van der Waals surface area contributed by atoms with Gasteiger partial charge in [0.05, 0.1) is 10.2 Å². The van der Waals surface area contributed by atoms with E-state index in [0.29, 0.717) is 0 Å². The van der Waals surface area contributed by atoms with Crippen molar-refractivity contribution in [2.45, 2.75) is 0 Å². The summed E-state index contributed by atoms with van der Waals surface area (Å²) in [6.07, 6.45) is 3.90. The summed E-state index contributed by atoms with van der Waals surface area (Å²) in [5.41, 5.74) is 1.84. The maximum absolute atomic E-state index is 10.2. The number of hydrogen-bond donors (Lipinski definition) is 1. The number of phenolic OH excluding ortho intramolecular Hbond substituents is 1. The summed E-state index contributed by atoms with van der Waals surface area (Å²) < 4.78 is 1.17. The predicted molar refractivity (Wildman–Crippen MR) is 94.2 cm³/mol. The van der Waals surface area contributed by atoms with E-state index >= 15 is 0 Å². The Morgan fingerprint density at radius 3 is 2.59 bits per heavy atom. The minimum atomic E-state index is 0.288. The van der Waals surface area contributed by atoms with Gasteiger partial charge in [-0.1, -0.05) is 42.5 Å². The van der Waals surface area contributed by atoms with Gasteiger partial charge in [-0.3, -0.25) is 0 Å². The molecule has 0 spiro atoms. The maximum atomic E-state index is 10.2. The quantitative estimate of drug-likeness (QED) is 0.543. The minimum Gasteiger partial charge on any atom is -0.507 e. The molecule has 0 bridgehead atoms. The second-order valence-corrected chi connectivity index (χ2v) is 6.13. The van der Waals surface area contributed by atoms with E-state index in [1.54, 1.807) is 17.4 Å². The SMILES string of the molecule is Oc1ccc2ccccc2c1/C=C/c1nc2ccccc2s1. The third-order valence-corrected chi connectivity index (χ3v) is 4.65. The zero-order valence-electron chi connectivity index (χ0n) is 11.7. The zero-order valence-corrected chi connectivity index (χ0v) is 12.5. The van der Waals surface area contributed by atoms with Crippen LogP contribution < -0.4 is 0 Å². The summed E-state index contributed by atoms with van der Waals surface area (Å²) in [6, 6.07) is 19.8. The van der Waals surface area contributed by atoms with Crippen LogP contribution in [0.4, 0.5) is 0 Å². The Bertz CT molecular complexity index is 968. The maximum Gasteiger partial charge on any atom is 0.123 e. The van der Waals surface area contributed by atoms with Crippen LogP contribution >= 0.6 is 11.3 Å². The number of para-hydroxylation sites is 1. The first-order valence-corrected chi connectivity index (χ1v) is 7.87. The van der Waals surface area contributed by atoms with E-state index < -0.39 is 0 Å². The Morgan fingerprint density at radius 2 is 1.68 bits per heavy atom. The molecule has 0 atom stereocenters. The normalized spacial score (nSPS) is 11.6. The summed E-state index contributed by atoms with van der Waals surface area (Å²) in [4.78, 5) is 4.59. The van der Waals surface area contributed by atoms with Gasteiger partial charge in [-0.15, -0.1) is 11.3 Å². The molecule has 0 fully saturated rings. The van der Waals surface area contributed by atoms with E-state index in [0.717, 1.165) is 26.9 Å². The number of aromatic hydroxyl groups is 1. The smallest absolute Gasteiger partial charge is 0.123 e. The van der Waals surface area contributed by atoms with Gasteiger partial charge in [-0.2, -0.15) is 0 Å². The molecule has 106 valence electrons. The molecule has 4 rings (SSSR count). The largest absolute Gasteiger partial charge is 0.507 e. The highest BCUT2D eigenvalue weighted by atomic mass is 32.1. The summed E-state index contributed by atoms with van der Waals surface area (Å²) in [7, 11) is 0. The lowest BCUT2D eigenvalue weighted by Crippen LogP contribution is -1.80. The van der Waals surface area contributed by atoms with Crippen LogP contribution in [-0.2, 0) is 0 Å². The Kier molecular flexibility index (Phi) is 3.13. The van der Waals surface area contributed by atoms with Gasteiger partial charge in [0.25, 0.3) is 0 Å². The summed E-state index contributed by atoms with van der Waals surface area (Å²) in [6.45, 7) is 0. The summed E-state index contributed by atoms with van der Waals surface area (Å²) in [5.74, 6) is 0.288. The topological polar surface area (TPSA) is 33.1 Å². The van der Waals surface area contributed by atoms with E-state index in [1.165, 1.54) is 4.70 Å². The third-order valence-electron chi connectivity index (χ3n) is 3.65. The van der Waals surface area contributed by atoms with Gasteiger partial charge < -0.3 is 5.11 Å². The first-order valence-electron chi connectivity index (χ1n) is 7.06. The number of nitrogens with zero attached hydrogens (tertiary/aromatic N) is 1. The number of phenols is 1. The highest BCUT2D eigenvalue weighted by molar-refractivity contribution is 7.19. The molecule has 0 unspecified atom stereocenters. The molecular formula is C19H13NOS. The fourth-order valence-electron chi connectivity index (χ4n) is 2.58. The van der Waals surface area contributed by atoms with Crippen molar-refractivity contribution in [1.29, 1.82) is 0 Å². The van der Waals surface area contributed by atoms with Crippen molar-refractivity contribution >= 4 is 44.5 Å². The molecule has 0 radical (unpaired) electrons. The number of aromatic nitrogens is 1. The van der Waals surface area contributed by atoms with Gasteiger partial charge in [0.2, 0.25) is 0 Å². The molecule has 1 N–H and O–H groups in total. The van der Waals surface area contributed by atoms with Gasteiger partial charge in [-0.05, 0) is 41.1 Å². The molecule has 1 heterocycles. The molecule has 1 aromatic heterocycles. The molecule has 0 aliphatic heterocycles. The molecule has 0 amide bonds. The Balaban J connectivity index is 1.81. The molecular weight excluding hydrogens is 290 g/mol. The standard InChI is InChI=1S/C19H13NOS/c21-17-11-9-13-5-1-2-6-14(13)15(17)10-12-19-20-16-7-3-4-8-18(16)22-19/h1-12,21H/b12-10+. The molecule has 0 aliphatic rings. The molecule has 0 saturated heterocycles. The first-order chi connectivity index (χ1) is 10.8. The molecule has 0 saturated carbocycles. The van der Waals surface area contributed by atoms with Crippen molar-refractivity contribution in [2.75, 3.05) is 0 Å². The fourth-order valence-corrected chi connectivity index (χ4v) is 3.45. The van der Waals surface area contributed by atoms with Crippen LogP contribution in [0, 0.1) is 0 Å². The van der Waals surface area contributed by atoms with Crippen molar-refractivity contribution in [2.24, 2.45) is 0 Å². The zero-order chi connectivity index (χ0) is 14.9. The van der Waals surface area contributed by atoms with E-state index in [4.69, 9.17) is 0 Å². The van der Waals surface area contributed by atoms with Crippen LogP contribution in [0.15, 0.2) is 60.7 Å². The molecule has 4 aromatic rings. The van der Waals surface area contributed by atoms with Gasteiger partial charge in [0.15, 0.2) is 0 Å². The van der Waals surface area contributed by atoms with Crippen LogP contribution in [0.1, 0.15) is 10.6 Å². The Morgan fingerprint density at radius 1 is 0.864 bits per heavy atom. The van der Waals surface area contributed by atoms with Crippen LogP contribution in [0.25, 0.3) is 33.1 Å². The Labute approximate surface area is 132 Å². The van der Waals surface area contributed by atoms with Crippen molar-refractivity contribution in [3.63, 3.8) is 0 Å². The lowest BCUT2D eigenvalue weighted by atomic mass is 10.0. The highest BCUT2D eigenvalue weighted by Crippen LogP contribution is 2.30. The van der Waals surface area contributed by atoms with Crippen molar-refractivity contribution < 1.29 is 5.11 Å². The minimum absolute atomic E-state index is 0.288. The van der Waals surface area contributed by atoms with Crippen molar-refractivity contribution in [1.82, 2.24) is 4.98 Å². The second-order valence-electron chi connectivity index (χ2n) is 5.07. The lowest BCUT2D eigenvalue weighted by Gasteiger charge is -2.04. The van der Waals surface area contributed by atoms with Crippen LogP contribution in [0.2, 0.25) is 0 Å². The van der Waals surface area contributed by atoms with Crippen molar-refractivity contribution in [3.05, 3.63) is 71.2 Å². The molecule has 2 nitrogen and oxygen atoms in total. The van der Waals surface area contributed by atoms with Gasteiger partial charge >= 0.3 is 0 Å². The van der Waals surface area contributed by atoms with Crippen LogP contribution in [0.3, 0.4) is 0 Å². The highest BCUT2D eigenvalue weighted by Gasteiger charge is 2.04. The molecule has 3 aromatic carbocycles. The molecule has 3 heteroatoms. The first kappa shape index (κ1) is 13.0. The van der Waals surface area contributed by atoms with Crippen molar-refractivity contribution in [3.8, 4) is 5.75 Å². The lowest BCUT2D eigenvalue weighted by molar-refractivity contribution is 0.475. The predicted octanol–water partition coefficient (Wildman–Crippen LogP) is 5.33. The Hall–Kier alpha value is -2.65. The second kappa shape index (κ2) is 5.28. The summed E-state index contributed by atoms with van der Waals surface area (Å²) in [5, 5.41) is 13.3. The molecule has 0 aliphatic carbocycles. The van der Waals surface area contributed by atoms with E-state index in [9.17, 15) is 5.11 Å². The van der Waals surface area contributed by atoms with Crippen LogP contribution in [-0.4, -0.2) is 10.1 Å².